The van der Waals surface area contributed by atoms with Gasteiger partial charge in [0.25, 0.3) is 6.26 Å². The van der Waals surface area contributed by atoms with Crippen LogP contribution in [0.25, 0.3) is 11.0 Å². The van der Waals surface area contributed by atoms with E-state index in [0.717, 1.165) is 11.0 Å². The molecule has 0 radical (unpaired) electrons. The van der Waals surface area contributed by atoms with Gasteiger partial charge in [-0.1, -0.05) is 12.1 Å². The lowest BCUT2D eigenvalue weighted by molar-refractivity contribution is 0.472. The maximum absolute atomic E-state index is 8.21. The summed E-state index contributed by atoms with van der Waals surface area (Å²) in [5.41, 5.74) is 1.66. The van der Waals surface area contributed by atoms with Gasteiger partial charge in [-0.25, -0.2) is 0 Å². The van der Waals surface area contributed by atoms with Crippen LogP contribution in [0.2, 0.25) is 0 Å². The molecule has 1 heterocycles. The highest BCUT2D eigenvalue weighted by Crippen LogP contribution is 2.14. The summed E-state index contributed by atoms with van der Waals surface area (Å²) in [5, 5.41) is 8.21. The summed E-state index contributed by atoms with van der Waals surface area (Å²) in [5.74, 6) is 0. The molecule has 4 heteroatoms. The summed E-state index contributed by atoms with van der Waals surface area (Å²) in [4.78, 5) is 6.84. The van der Waals surface area contributed by atoms with Crippen LogP contribution in [-0.4, -0.2) is 9.97 Å². The van der Waals surface area contributed by atoms with Gasteiger partial charge in [0.2, 0.25) is 0 Å². The second-order valence-electron chi connectivity index (χ2n) is 2.25. The number of hydrogen-bond donors (Lipinski definition) is 1. The van der Waals surface area contributed by atoms with E-state index in [1.54, 1.807) is 6.26 Å². The third kappa shape index (κ3) is 0.974. The maximum atomic E-state index is 8.21. The summed E-state index contributed by atoms with van der Waals surface area (Å²) < 4.78 is 4.53. The molecule has 4 nitrogen and oxygen atoms in total. The van der Waals surface area contributed by atoms with E-state index >= 15 is 0 Å². The van der Waals surface area contributed by atoms with Gasteiger partial charge in [-0.15, -0.1) is 5.26 Å². The number of nitriles is 1. The van der Waals surface area contributed by atoms with Crippen molar-refractivity contribution in [3.8, 4) is 12.3 Å². The molecular weight excluding hydrogens is 154 g/mol. The number of aromatic nitrogens is 2. The highest BCUT2D eigenvalue weighted by molar-refractivity contribution is 5.75. The second kappa shape index (κ2) is 2.55. The number of imidazole rings is 1. The standard InChI is InChI=1S/C8H5N3O/c9-5-12-8-10-6-3-1-2-4-7(6)11-8/h1-4H,(H,10,11). The number of aromatic amines is 1. The smallest absolute Gasteiger partial charge is 0.311 e. The Balaban J connectivity index is 2.56. The minimum absolute atomic E-state index is 0.235. The lowest BCUT2D eigenvalue weighted by Gasteiger charge is -1.82. The molecule has 0 saturated heterocycles. The third-order valence-corrected chi connectivity index (χ3v) is 1.51. The molecule has 1 aromatic carbocycles. The second-order valence-corrected chi connectivity index (χ2v) is 2.25. The van der Waals surface area contributed by atoms with Gasteiger partial charge in [-0.05, 0) is 12.1 Å². The van der Waals surface area contributed by atoms with Crippen LogP contribution in [0.4, 0.5) is 0 Å². The van der Waals surface area contributed by atoms with Crippen molar-refractivity contribution >= 4 is 11.0 Å². The van der Waals surface area contributed by atoms with Gasteiger partial charge in [-0.3, -0.25) is 0 Å². The van der Waals surface area contributed by atoms with Crippen LogP contribution in [0, 0.1) is 11.5 Å². The van der Waals surface area contributed by atoms with Crippen LogP contribution in [0.3, 0.4) is 0 Å². The molecule has 0 bridgehead atoms. The Morgan fingerprint density at radius 1 is 1.42 bits per heavy atom. The normalized spacial score (nSPS) is 9.58. The van der Waals surface area contributed by atoms with Gasteiger partial charge < -0.3 is 9.72 Å². The predicted molar refractivity (Wildman–Crippen MR) is 42.3 cm³/mol. The average molecular weight is 159 g/mol. The minimum Gasteiger partial charge on any atom is -0.350 e. The first-order valence-corrected chi connectivity index (χ1v) is 3.41. The van der Waals surface area contributed by atoms with Crippen molar-refractivity contribution in [2.75, 3.05) is 0 Å². The van der Waals surface area contributed by atoms with Gasteiger partial charge in [0.15, 0.2) is 0 Å². The van der Waals surface area contributed by atoms with Crippen LogP contribution >= 0.6 is 0 Å². The zero-order chi connectivity index (χ0) is 8.39. The molecule has 0 aliphatic carbocycles. The maximum Gasteiger partial charge on any atom is 0.311 e. The number of para-hydroxylation sites is 2. The fourth-order valence-corrected chi connectivity index (χ4v) is 1.02. The third-order valence-electron chi connectivity index (χ3n) is 1.51. The Morgan fingerprint density at radius 3 is 3.00 bits per heavy atom. The van der Waals surface area contributed by atoms with Crippen LogP contribution in [0.5, 0.6) is 6.01 Å². The van der Waals surface area contributed by atoms with Crippen molar-refractivity contribution in [1.29, 1.82) is 5.26 Å². The van der Waals surface area contributed by atoms with E-state index in [9.17, 15) is 0 Å². The molecule has 1 aromatic heterocycles. The fraction of sp³-hybridized carbons (Fsp3) is 0. The summed E-state index contributed by atoms with van der Waals surface area (Å²) in [6.07, 6.45) is 1.55. The molecule has 1 N–H and O–H groups in total. The van der Waals surface area contributed by atoms with E-state index in [4.69, 9.17) is 5.26 Å². The molecule has 0 aliphatic rings. The Morgan fingerprint density at radius 2 is 2.25 bits per heavy atom. The van der Waals surface area contributed by atoms with Gasteiger partial charge in [0.05, 0.1) is 11.0 Å². The number of hydrogen-bond acceptors (Lipinski definition) is 3. The highest BCUT2D eigenvalue weighted by atomic mass is 16.5. The summed E-state index contributed by atoms with van der Waals surface area (Å²) in [6.45, 7) is 0. The van der Waals surface area contributed by atoms with E-state index in [2.05, 4.69) is 14.7 Å². The van der Waals surface area contributed by atoms with E-state index in [-0.39, 0.29) is 6.01 Å². The first-order chi connectivity index (χ1) is 5.90. The van der Waals surface area contributed by atoms with E-state index in [1.165, 1.54) is 0 Å². The quantitative estimate of drug-likeness (QED) is 0.640. The monoisotopic (exact) mass is 159 g/mol. The van der Waals surface area contributed by atoms with Crippen molar-refractivity contribution in [3.63, 3.8) is 0 Å². The van der Waals surface area contributed by atoms with Crippen LogP contribution in [0.1, 0.15) is 0 Å². The molecule has 0 aliphatic heterocycles. The van der Waals surface area contributed by atoms with Gasteiger partial charge >= 0.3 is 6.01 Å². The molecule has 2 aromatic rings. The first kappa shape index (κ1) is 6.68. The zero-order valence-electron chi connectivity index (χ0n) is 6.11. The van der Waals surface area contributed by atoms with E-state index in [1.807, 2.05) is 24.3 Å². The van der Waals surface area contributed by atoms with Crippen molar-refractivity contribution < 1.29 is 4.74 Å². The first-order valence-electron chi connectivity index (χ1n) is 3.41. The van der Waals surface area contributed by atoms with Gasteiger partial charge in [0.1, 0.15) is 0 Å². The summed E-state index contributed by atoms with van der Waals surface area (Å²) in [6, 6.07) is 7.71. The molecular formula is C8H5N3O. The van der Waals surface area contributed by atoms with Gasteiger partial charge in [-0.2, -0.15) is 4.98 Å². The van der Waals surface area contributed by atoms with Crippen molar-refractivity contribution in [1.82, 2.24) is 9.97 Å². The number of ether oxygens (including phenoxy) is 1. The van der Waals surface area contributed by atoms with Crippen molar-refractivity contribution in [3.05, 3.63) is 24.3 Å². The van der Waals surface area contributed by atoms with E-state index in [0.29, 0.717) is 0 Å². The Bertz CT molecular complexity index is 408. The number of benzene rings is 1. The highest BCUT2D eigenvalue weighted by Gasteiger charge is 2.00. The van der Waals surface area contributed by atoms with Crippen molar-refractivity contribution in [2.45, 2.75) is 0 Å². The van der Waals surface area contributed by atoms with E-state index < -0.39 is 0 Å². The molecule has 0 amide bonds. The number of rotatable bonds is 1. The molecule has 58 valence electrons. The molecule has 0 saturated carbocycles. The Hall–Kier alpha value is -2.02. The molecule has 0 spiro atoms. The average Bonchev–Trinajstić information content (AvgIpc) is 2.47. The van der Waals surface area contributed by atoms with Crippen LogP contribution in [0.15, 0.2) is 24.3 Å². The molecule has 2 rings (SSSR count). The molecule has 0 unspecified atom stereocenters. The number of nitrogens with one attached hydrogen (secondary N) is 1. The van der Waals surface area contributed by atoms with Crippen LogP contribution in [-0.2, 0) is 0 Å². The van der Waals surface area contributed by atoms with Crippen LogP contribution < -0.4 is 4.74 Å². The zero-order valence-corrected chi connectivity index (χ0v) is 6.11. The van der Waals surface area contributed by atoms with Crippen molar-refractivity contribution in [2.24, 2.45) is 0 Å². The number of fused-ring (bicyclic) bond motifs is 1. The summed E-state index contributed by atoms with van der Waals surface area (Å²) >= 11 is 0. The fourth-order valence-electron chi connectivity index (χ4n) is 1.02. The topological polar surface area (TPSA) is 61.7 Å². The molecule has 0 fully saturated rings. The summed E-state index contributed by atoms with van der Waals surface area (Å²) in [7, 11) is 0. The SMILES string of the molecule is N#COc1nc2ccccc2[nH]1. The lowest BCUT2D eigenvalue weighted by atomic mass is 10.3. The molecule has 0 atom stereocenters. The molecule has 12 heavy (non-hydrogen) atoms. The number of nitrogens with zero attached hydrogens (tertiary/aromatic N) is 2. The lowest BCUT2D eigenvalue weighted by Crippen LogP contribution is -1.81. The Kier molecular flexibility index (Phi) is 1.42. The largest absolute Gasteiger partial charge is 0.350 e. The Labute approximate surface area is 68.4 Å². The minimum atomic E-state index is 0.235. The predicted octanol–water partition coefficient (Wildman–Crippen LogP) is 1.42. The van der Waals surface area contributed by atoms with Gasteiger partial charge in [0, 0.05) is 0 Å². The number of H-pyrrole nitrogens is 1.